The third-order valence-electron chi connectivity index (χ3n) is 3.71. The largest absolute Gasteiger partial charge is 0.481 e. The summed E-state index contributed by atoms with van der Waals surface area (Å²) < 4.78 is 11.7. The third kappa shape index (κ3) is 7.68. The first-order valence-corrected chi connectivity index (χ1v) is 8.80. The minimum Gasteiger partial charge on any atom is -0.481 e. The SMILES string of the molecule is CC(=O)O.CCOC(OCC)C(Cc1ccccc1N)c1ccccc1. The van der Waals surface area contributed by atoms with E-state index in [0.29, 0.717) is 13.2 Å². The molecule has 1 unspecified atom stereocenters. The maximum atomic E-state index is 9.00. The van der Waals surface area contributed by atoms with E-state index in [4.69, 9.17) is 25.1 Å². The standard InChI is InChI=1S/C19H25NO2.C2H4O2/c1-3-21-19(22-4-2)17(15-10-6-5-7-11-15)14-16-12-8-9-13-18(16)20;1-2(3)4/h5-13,17,19H,3-4,14,20H2,1-2H3;1H3,(H,3,4). The molecule has 0 heterocycles. The Balaban J connectivity index is 0.000000765. The zero-order chi connectivity index (χ0) is 19.4. The van der Waals surface area contributed by atoms with Crippen molar-refractivity contribution in [2.24, 2.45) is 0 Å². The van der Waals surface area contributed by atoms with Crippen LogP contribution in [0.5, 0.6) is 0 Å². The molecule has 2 rings (SSSR count). The molecule has 0 radical (unpaired) electrons. The van der Waals surface area contributed by atoms with Crippen LogP contribution >= 0.6 is 0 Å². The Hall–Kier alpha value is -2.37. The Labute approximate surface area is 155 Å². The fraction of sp³-hybridized carbons (Fsp3) is 0.381. The minimum absolute atomic E-state index is 0.116. The van der Waals surface area contributed by atoms with Gasteiger partial charge in [0, 0.05) is 31.7 Å². The summed E-state index contributed by atoms with van der Waals surface area (Å²) in [7, 11) is 0. The first-order chi connectivity index (χ1) is 12.5. The number of benzene rings is 2. The van der Waals surface area contributed by atoms with Gasteiger partial charge in [-0.1, -0.05) is 48.5 Å². The van der Waals surface area contributed by atoms with Gasteiger partial charge in [-0.2, -0.15) is 0 Å². The number of aliphatic carboxylic acids is 1. The lowest BCUT2D eigenvalue weighted by molar-refractivity contribution is -0.150. The lowest BCUT2D eigenvalue weighted by Crippen LogP contribution is -2.27. The summed E-state index contributed by atoms with van der Waals surface area (Å²) in [5.74, 6) is -0.717. The predicted octanol–water partition coefficient (Wildman–Crippen LogP) is 4.09. The van der Waals surface area contributed by atoms with Crippen LogP contribution in [0.3, 0.4) is 0 Å². The second-order valence-electron chi connectivity index (χ2n) is 5.72. The highest BCUT2D eigenvalue weighted by Crippen LogP contribution is 2.29. The summed E-state index contributed by atoms with van der Waals surface area (Å²) in [5, 5.41) is 7.42. The lowest BCUT2D eigenvalue weighted by Gasteiger charge is -2.27. The highest BCUT2D eigenvalue weighted by molar-refractivity contribution is 5.62. The maximum Gasteiger partial charge on any atom is 0.300 e. The number of hydrogen-bond donors (Lipinski definition) is 2. The highest BCUT2D eigenvalue weighted by Gasteiger charge is 2.25. The van der Waals surface area contributed by atoms with E-state index in [1.807, 2.05) is 50.2 Å². The highest BCUT2D eigenvalue weighted by atomic mass is 16.7. The van der Waals surface area contributed by atoms with Gasteiger partial charge in [-0.05, 0) is 37.5 Å². The second kappa shape index (κ2) is 12.1. The van der Waals surface area contributed by atoms with Gasteiger partial charge in [-0.15, -0.1) is 0 Å². The Kier molecular flexibility index (Phi) is 10.1. The zero-order valence-electron chi connectivity index (χ0n) is 15.7. The summed E-state index contributed by atoms with van der Waals surface area (Å²) in [5.41, 5.74) is 9.26. The van der Waals surface area contributed by atoms with Crippen LogP contribution < -0.4 is 5.73 Å². The number of carboxylic acid groups (broad SMARTS) is 1. The van der Waals surface area contributed by atoms with Gasteiger partial charge in [-0.25, -0.2) is 0 Å². The minimum atomic E-state index is -0.833. The molecular formula is C21H29NO4. The fourth-order valence-corrected chi connectivity index (χ4v) is 2.64. The van der Waals surface area contributed by atoms with Crippen molar-refractivity contribution in [2.45, 2.75) is 39.4 Å². The van der Waals surface area contributed by atoms with Crippen LogP contribution in [0.1, 0.15) is 37.8 Å². The molecule has 2 aromatic carbocycles. The summed E-state index contributed by atoms with van der Waals surface area (Å²) in [6.45, 7) is 6.31. The molecule has 142 valence electrons. The van der Waals surface area contributed by atoms with E-state index >= 15 is 0 Å². The van der Waals surface area contributed by atoms with Crippen LogP contribution in [-0.4, -0.2) is 30.6 Å². The van der Waals surface area contributed by atoms with Crippen LogP contribution in [0, 0.1) is 0 Å². The van der Waals surface area contributed by atoms with Crippen LogP contribution in [-0.2, 0) is 20.7 Å². The normalized spacial score (nSPS) is 11.5. The molecule has 0 saturated carbocycles. The van der Waals surface area contributed by atoms with E-state index in [-0.39, 0.29) is 12.2 Å². The second-order valence-corrected chi connectivity index (χ2v) is 5.72. The van der Waals surface area contributed by atoms with Gasteiger partial charge in [0.05, 0.1) is 0 Å². The average Bonchev–Trinajstić information content (AvgIpc) is 2.61. The van der Waals surface area contributed by atoms with Gasteiger partial charge < -0.3 is 20.3 Å². The van der Waals surface area contributed by atoms with E-state index in [9.17, 15) is 0 Å². The van der Waals surface area contributed by atoms with Gasteiger partial charge in [0.2, 0.25) is 0 Å². The Bertz CT molecular complexity index is 635. The van der Waals surface area contributed by atoms with Crippen molar-refractivity contribution in [1.29, 1.82) is 0 Å². The van der Waals surface area contributed by atoms with E-state index in [2.05, 4.69) is 18.2 Å². The molecule has 5 nitrogen and oxygen atoms in total. The third-order valence-corrected chi connectivity index (χ3v) is 3.71. The van der Waals surface area contributed by atoms with Crippen LogP contribution in [0.15, 0.2) is 54.6 Å². The summed E-state index contributed by atoms with van der Waals surface area (Å²) in [4.78, 5) is 9.00. The van der Waals surface area contributed by atoms with Gasteiger partial charge >= 0.3 is 0 Å². The van der Waals surface area contributed by atoms with Crippen molar-refractivity contribution in [3.8, 4) is 0 Å². The number of carboxylic acids is 1. The van der Waals surface area contributed by atoms with E-state index < -0.39 is 5.97 Å². The summed E-state index contributed by atoms with van der Waals surface area (Å²) >= 11 is 0. The Morgan fingerprint density at radius 1 is 1.00 bits per heavy atom. The topological polar surface area (TPSA) is 81.8 Å². The summed E-state index contributed by atoms with van der Waals surface area (Å²) in [6, 6.07) is 18.3. The fourth-order valence-electron chi connectivity index (χ4n) is 2.64. The summed E-state index contributed by atoms with van der Waals surface area (Å²) in [6.07, 6.45) is 0.526. The number of para-hydroxylation sites is 1. The average molecular weight is 359 g/mol. The molecule has 26 heavy (non-hydrogen) atoms. The molecule has 0 bridgehead atoms. The molecule has 0 amide bonds. The molecule has 3 N–H and O–H groups in total. The molecule has 0 spiro atoms. The Morgan fingerprint density at radius 2 is 1.50 bits per heavy atom. The van der Waals surface area contributed by atoms with Crippen molar-refractivity contribution < 1.29 is 19.4 Å². The molecule has 0 saturated heterocycles. The van der Waals surface area contributed by atoms with Gasteiger partial charge in [0.15, 0.2) is 6.29 Å². The van der Waals surface area contributed by atoms with E-state index in [1.165, 1.54) is 5.56 Å². The number of nitrogen functional groups attached to an aromatic ring is 1. The number of nitrogens with two attached hydrogens (primary N) is 1. The number of ether oxygens (including phenoxy) is 2. The molecular weight excluding hydrogens is 330 g/mol. The first kappa shape index (κ1) is 21.7. The molecule has 5 heteroatoms. The monoisotopic (exact) mass is 359 g/mol. The van der Waals surface area contributed by atoms with Crippen LogP contribution in [0.4, 0.5) is 5.69 Å². The molecule has 0 fully saturated rings. The van der Waals surface area contributed by atoms with Gasteiger partial charge in [0.25, 0.3) is 5.97 Å². The lowest BCUT2D eigenvalue weighted by atomic mass is 9.90. The maximum absolute atomic E-state index is 9.00. The predicted molar refractivity (Wildman–Crippen MR) is 104 cm³/mol. The van der Waals surface area contributed by atoms with Crippen LogP contribution in [0.25, 0.3) is 0 Å². The van der Waals surface area contributed by atoms with Crippen molar-refractivity contribution in [3.63, 3.8) is 0 Å². The molecule has 0 aliphatic heterocycles. The smallest absolute Gasteiger partial charge is 0.300 e. The molecule has 0 aromatic heterocycles. The van der Waals surface area contributed by atoms with Crippen LogP contribution in [0.2, 0.25) is 0 Å². The van der Waals surface area contributed by atoms with Crippen molar-refractivity contribution in [1.82, 2.24) is 0 Å². The molecule has 0 aliphatic rings. The first-order valence-electron chi connectivity index (χ1n) is 8.80. The number of rotatable bonds is 8. The van der Waals surface area contributed by atoms with Crippen molar-refractivity contribution in [3.05, 3.63) is 65.7 Å². The Morgan fingerprint density at radius 3 is 2.00 bits per heavy atom. The van der Waals surface area contributed by atoms with Crippen molar-refractivity contribution in [2.75, 3.05) is 18.9 Å². The molecule has 2 aromatic rings. The van der Waals surface area contributed by atoms with Crippen molar-refractivity contribution >= 4 is 11.7 Å². The number of carbonyl (C=O) groups is 1. The van der Waals surface area contributed by atoms with Gasteiger partial charge in [-0.3, -0.25) is 4.79 Å². The molecule has 1 atom stereocenters. The number of hydrogen-bond acceptors (Lipinski definition) is 4. The number of anilines is 1. The van der Waals surface area contributed by atoms with Gasteiger partial charge in [0.1, 0.15) is 0 Å². The quantitative estimate of drug-likeness (QED) is 0.548. The molecule has 0 aliphatic carbocycles. The van der Waals surface area contributed by atoms with E-state index in [1.54, 1.807) is 0 Å². The van der Waals surface area contributed by atoms with E-state index in [0.717, 1.165) is 24.6 Å². The zero-order valence-corrected chi connectivity index (χ0v) is 15.7.